The number of hydrogen-bond donors (Lipinski definition) is 0. The van der Waals surface area contributed by atoms with Gasteiger partial charge in [-0.05, 0) is 69.9 Å². The first-order chi connectivity index (χ1) is 16.3. The topological polar surface area (TPSA) is 3.24 Å². The van der Waals surface area contributed by atoms with Gasteiger partial charge in [0.25, 0.3) is 5.99 Å². The van der Waals surface area contributed by atoms with Crippen LogP contribution in [0.5, 0.6) is 0 Å². The molecule has 33 heavy (non-hydrogen) atoms. The molecule has 156 valence electrons. The first-order valence-electron chi connectivity index (χ1n) is 11.2. The third-order valence-corrected chi connectivity index (χ3v) is 8.87. The van der Waals surface area contributed by atoms with Crippen molar-refractivity contribution in [2.24, 2.45) is 0 Å². The number of para-hydroxylation sites is 1. The summed E-state index contributed by atoms with van der Waals surface area (Å²) in [7, 11) is 0. The Balaban J connectivity index is 1.50. The van der Waals surface area contributed by atoms with Crippen molar-refractivity contribution in [3.05, 3.63) is 109 Å². The van der Waals surface area contributed by atoms with E-state index in [1.807, 2.05) is 23.4 Å². The van der Waals surface area contributed by atoms with Crippen LogP contribution < -0.4 is 15.8 Å². The maximum Gasteiger partial charge on any atom is 0.285 e. The molecule has 2 aliphatic rings. The number of fused-ring (bicyclic) bond motifs is 5. The Bertz CT molecular complexity index is 1550. The van der Waals surface area contributed by atoms with Crippen LogP contribution in [0, 0.1) is 6.92 Å². The molecule has 0 amide bonds. The summed E-state index contributed by atoms with van der Waals surface area (Å²) in [5.41, 5.74) is 8.02. The van der Waals surface area contributed by atoms with E-state index in [0.29, 0.717) is 0 Å². The molecule has 0 fully saturated rings. The van der Waals surface area contributed by atoms with Crippen LogP contribution in [0.3, 0.4) is 0 Å². The molecule has 0 saturated carbocycles. The quantitative estimate of drug-likeness (QED) is 0.251. The number of benzene rings is 5. The van der Waals surface area contributed by atoms with Crippen LogP contribution >= 0.6 is 23.4 Å². The van der Waals surface area contributed by atoms with E-state index in [4.69, 9.17) is 0 Å². The predicted molar refractivity (Wildman–Crippen MR) is 145 cm³/mol. The van der Waals surface area contributed by atoms with Crippen LogP contribution in [0.4, 0.5) is 17.1 Å². The van der Waals surface area contributed by atoms with Crippen LogP contribution in [-0.4, -0.2) is 5.99 Å². The standard InChI is InChI=1S/C29H20BNS2/c1-19-15-24-29-28(16-19)32-27-18-21-10-6-5-9-20(21)17-26(27)31(29)25-14-8-7-13-23(25)30(24)33-22-11-3-2-4-12-22/h2-18H,1H3. The lowest BCUT2D eigenvalue weighted by Crippen LogP contribution is -2.49. The maximum absolute atomic E-state index is 2.51. The molecule has 4 heteroatoms. The molecule has 2 aliphatic heterocycles. The molecular weight excluding hydrogens is 437 g/mol. The molecule has 5 aromatic rings. The van der Waals surface area contributed by atoms with Crippen LogP contribution in [0.1, 0.15) is 5.56 Å². The minimum atomic E-state index is 0.260. The van der Waals surface area contributed by atoms with E-state index in [1.54, 1.807) is 0 Å². The highest BCUT2D eigenvalue weighted by Crippen LogP contribution is 2.53. The first-order valence-corrected chi connectivity index (χ1v) is 12.9. The number of rotatable bonds is 2. The highest BCUT2D eigenvalue weighted by Gasteiger charge is 2.39. The van der Waals surface area contributed by atoms with Gasteiger partial charge in [-0.2, -0.15) is 11.6 Å². The molecule has 0 radical (unpaired) electrons. The van der Waals surface area contributed by atoms with Gasteiger partial charge in [0.1, 0.15) is 0 Å². The van der Waals surface area contributed by atoms with E-state index in [9.17, 15) is 0 Å². The maximum atomic E-state index is 2.51. The molecule has 5 aromatic carbocycles. The Morgan fingerprint density at radius 2 is 1.39 bits per heavy atom. The summed E-state index contributed by atoms with van der Waals surface area (Å²) < 4.78 is 0. The van der Waals surface area contributed by atoms with Gasteiger partial charge in [-0.25, -0.2) is 0 Å². The van der Waals surface area contributed by atoms with Crippen molar-refractivity contribution in [3.8, 4) is 0 Å². The van der Waals surface area contributed by atoms with Gasteiger partial charge < -0.3 is 4.90 Å². The van der Waals surface area contributed by atoms with E-state index >= 15 is 0 Å². The normalized spacial score (nSPS) is 13.5. The van der Waals surface area contributed by atoms with Gasteiger partial charge in [0.05, 0.1) is 11.4 Å². The van der Waals surface area contributed by atoms with Gasteiger partial charge in [0, 0.05) is 15.5 Å². The molecule has 1 nitrogen and oxygen atoms in total. The van der Waals surface area contributed by atoms with E-state index in [1.165, 1.54) is 59.0 Å². The average Bonchev–Trinajstić information content (AvgIpc) is 2.85. The van der Waals surface area contributed by atoms with Crippen LogP contribution in [0.25, 0.3) is 10.8 Å². The van der Waals surface area contributed by atoms with Crippen LogP contribution in [-0.2, 0) is 0 Å². The second kappa shape index (κ2) is 7.48. The molecule has 0 aliphatic carbocycles. The molecule has 2 heterocycles. The van der Waals surface area contributed by atoms with Crippen molar-refractivity contribution >= 4 is 68.1 Å². The Morgan fingerprint density at radius 3 is 2.24 bits per heavy atom. The summed E-state index contributed by atoms with van der Waals surface area (Å²) in [4.78, 5) is 6.48. The lowest BCUT2D eigenvalue weighted by Gasteiger charge is -2.41. The van der Waals surface area contributed by atoms with Gasteiger partial charge in [0.15, 0.2) is 0 Å². The Morgan fingerprint density at radius 1 is 0.667 bits per heavy atom. The summed E-state index contributed by atoms with van der Waals surface area (Å²) in [6.45, 7) is 2.22. The van der Waals surface area contributed by atoms with E-state index in [-0.39, 0.29) is 5.99 Å². The summed E-state index contributed by atoms with van der Waals surface area (Å²) >= 11 is 3.86. The number of hydrogen-bond acceptors (Lipinski definition) is 3. The lowest BCUT2D eigenvalue weighted by molar-refractivity contribution is 1.17. The number of anilines is 3. The summed E-state index contributed by atoms with van der Waals surface area (Å²) in [6, 6.07) is 37.9. The predicted octanol–water partition coefficient (Wildman–Crippen LogP) is 7.29. The SMILES string of the molecule is Cc1cc2c3c(c1)B(Sc1ccccc1)c1ccccc1N3c1cc3ccccc3cc1S2. The van der Waals surface area contributed by atoms with Crippen LogP contribution in [0.15, 0.2) is 118 Å². The van der Waals surface area contributed by atoms with Crippen molar-refractivity contribution in [2.45, 2.75) is 21.6 Å². The van der Waals surface area contributed by atoms with Gasteiger partial charge in [-0.15, -0.1) is 0 Å². The molecule has 0 aromatic heterocycles. The van der Waals surface area contributed by atoms with E-state index in [0.717, 1.165) is 0 Å². The van der Waals surface area contributed by atoms with Crippen molar-refractivity contribution in [1.29, 1.82) is 0 Å². The smallest absolute Gasteiger partial charge is 0.285 e. The Hall–Kier alpha value is -3.08. The monoisotopic (exact) mass is 457 g/mol. The summed E-state index contributed by atoms with van der Waals surface area (Å²) in [5.74, 6) is 0.260. The first kappa shape index (κ1) is 19.4. The molecular formula is C29H20BNS2. The molecule has 0 saturated heterocycles. The minimum absolute atomic E-state index is 0.260. The van der Waals surface area contributed by atoms with Crippen molar-refractivity contribution in [2.75, 3.05) is 4.90 Å². The number of nitrogens with zero attached hydrogens (tertiary/aromatic N) is 1. The highest BCUT2D eigenvalue weighted by atomic mass is 32.2. The zero-order valence-electron chi connectivity index (χ0n) is 18.2. The van der Waals surface area contributed by atoms with Gasteiger partial charge in [-0.3, -0.25) is 0 Å². The third-order valence-electron chi connectivity index (χ3n) is 6.50. The van der Waals surface area contributed by atoms with E-state index in [2.05, 4.69) is 115 Å². The molecule has 0 atom stereocenters. The lowest BCUT2D eigenvalue weighted by atomic mass is 9.58. The third kappa shape index (κ3) is 3.05. The fraction of sp³-hybridized carbons (Fsp3) is 0.0345. The molecule has 0 N–H and O–H groups in total. The van der Waals surface area contributed by atoms with Crippen molar-refractivity contribution in [3.63, 3.8) is 0 Å². The average molecular weight is 457 g/mol. The van der Waals surface area contributed by atoms with Crippen molar-refractivity contribution < 1.29 is 0 Å². The fourth-order valence-corrected chi connectivity index (χ4v) is 7.53. The molecule has 0 unspecified atom stereocenters. The number of aryl methyl sites for hydroxylation is 1. The summed E-state index contributed by atoms with van der Waals surface area (Å²) in [6.07, 6.45) is 0. The van der Waals surface area contributed by atoms with E-state index < -0.39 is 0 Å². The molecule has 0 bridgehead atoms. The summed E-state index contributed by atoms with van der Waals surface area (Å²) in [5, 5.41) is 2.58. The van der Waals surface area contributed by atoms with Gasteiger partial charge in [0.2, 0.25) is 0 Å². The Labute approximate surface area is 202 Å². The van der Waals surface area contributed by atoms with Gasteiger partial charge >= 0.3 is 0 Å². The van der Waals surface area contributed by atoms with Gasteiger partial charge in [-0.1, -0.05) is 84.1 Å². The fourth-order valence-electron chi connectivity index (χ4n) is 5.09. The molecule has 0 spiro atoms. The van der Waals surface area contributed by atoms with Crippen LogP contribution in [0.2, 0.25) is 0 Å². The second-order valence-electron chi connectivity index (χ2n) is 8.68. The minimum Gasteiger partial charge on any atom is -0.309 e. The zero-order valence-corrected chi connectivity index (χ0v) is 19.8. The zero-order chi connectivity index (χ0) is 21.9. The van der Waals surface area contributed by atoms with Crippen molar-refractivity contribution in [1.82, 2.24) is 0 Å². The second-order valence-corrected chi connectivity index (χ2v) is 10.9. The molecule has 7 rings (SSSR count). The Kier molecular flexibility index (Phi) is 4.40. The largest absolute Gasteiger partial charge is 0.309 e. The highest BCUT2D eigenvalue weighted by molar-refractivity contribution is 8.28.